The molecule has 1 amide bonds. The van der Waals surface area contributed by atoms with Gasteiger partial charge in [0.2, 0.25) is 15.9 Å². The number of amides is 1. The van der Waals surface area contributed by atoms with Gasteiger partial charge in [0.05, 0.1) is 12.0 Å². The van der Waals surface area contributed by atoms with Gasteiger partial charge in [-0.1, -0.05) is 12.1 Å². The fourth-order valence-electron chi connectivity index (χ4n) is 4.65. The predicted octanol–water partition coefficient (Wildman–Crippen LogP) is 3.25. The Morgan fingerprint density at radius 1 is 1.06 bits per heavy atom. The van der Waals surface area contributed by atoms with Crippen molar-refractivity contribution < 1.29 is 17.9 Å². The number of nitrogens with zero attached hydrogens (tertiary/aromatic N) is 2. The fraction of sp³-hybridized carbons (Fsp3) is 0.458. The number of ether oxygens (including phenoxy) is 1. The smallest absolute Gasteiger partial charge is 0.240 e. The number of anilines is 1. The lowest BCUT2D eigenvalue weighted by molar-refractivity contribution is -0.117. The Kier molecular flexibility index (Phi) is 6.83. The lowest BCUT2D eigenvalue weighted by atomic mass is 10.1. The van der Waals surface area contributed by atoms with Crippen molar-refractivity contribution in [1.29, 1.82) is 0 Å². The van der Waals surface area contributed by atoms with E-state index < -0.39 is 10.0 Å². The molecule has 2 fully saturated rings. The molecule has 8 heteroatoms. The molecule has 0 bridgehead atoms. The molecule has 0 aromatic heterocycles. The van der Waals surface area contributed by atoms with Gasteiger partial charge in [-0.25, -0.2) is 13.1 Å². The van der Waals surface area contributed by atoms with Crippen LogP contribution >= 0.6 is 0 Å². The van der Waals surface area contributed by atoms with E-state index in [-0.39, 0.29) is 23.4 Å². The maximum atomic E-state index is 13.2. The van der Waals surface area contributed by atoms with Gasteiger partial charge >= 0.3 is 0 Å². The molecule has 0 radical (unpaired) electrons. The number of carbonyl (C=O) groups is 1. The molecule has 172 valence electrons. The van der Waals surface area contributed by atoms with Crippen molar-refractivity contribution in [3.05, 3.63) is 53.6 Å². The van der Waals surface area contributed by atoms with Crippen LogP contribution in [0.25, 0.3) is 0 Å². The molecule has 1 unspecified atom stereocenters. The molecule has 2 aliphatic heterocycles. The molecule has 2 aromatic rings. The Morgan fingerprint density at radius 3 is 2.50 bits per heavy atom. The zero-order valence-electron chi connectivity index (χ0n) is 18.7. The Balaban J connectivity index is 1.54. The molecule has 0 aliphatic carbocycles. The van der Waals surface area contributed by atoms with Gasteiger partial charge in [-0.2, -0.15) is 0 Å². The molecule has 0 spiro atoms. The van der Waals surface area contributed by atoms with E-state index in [0.717, 1.165) is 49.4 Å². The number of rotatable bonds is 8. The van der Waals surface area contributed by atoms with Gasteiger partial charge in [-0.15, -0.1) is 0 Å². The maximum Gasteiger partial charge on any atom is 0.240 e. The first-order valence-corrected chi connectivity index (χ1v) is 12.7. The summed E-state index contributed by atoms with van der Waals surface area (Å²) in [6.07, 6.45) is 3.61. The highest BCUT2D eigenvalue weighted by Crippen LogP contribution is 2.29. The van der Waals surface area contributed by atoms with Gasteiger partial charge in [-0.05, 0) is 80.7 Å². The average Bonchev–Trinajstić information content (AvgIpc) is 3.46. The van der Waals surface area contributed by atoms with Gasteiger partial charge < -0.3 is 9.64 Å². The number of likely N-dealkylation sites (tertiary alicyclic amines) is 1. The second-order valence-electron chi connectivity index (χ2n) is 8.49. The molecule has 0 saturated carbocycles. The van der Waals surface area contributed by atoms with Crippen LogP contribution in [0.2, 0.25) is 0 Å². The number of nitrogens with one attached hydrogen (secondary N) is 1. The molecule has 32 heavy (non-hydrogen) atoms. The zero-order valence-corrected chi connectivity index (χ0v) is 19.5. The molecule has 4 rings (SSSR count). The summed E-state index contributed by atoms with van der Waals surface area (Å²) in [5.41, 5.74) is 2.43. The molecular formula is C24H31N3O4S. The number of hydrogen-bond donors (Lipinski definition) is 1. The van der Waals surface area contributed by atoms with Crippen LogP contribution in [0.4, 0.5) is 5.69 Å². The van der Waals surface area contributed by atoms with Gasteiger partial charge in [0.1, 0.15) is 5.75 Å². The minimum Gasteiger partial charge on any atom is -0.497 e. The van der Waals surface area contributed by atoms with Gasteiger partial charge in [0.25, 0.3) is 0 Å². The lowest BCUT2D eigenvalue weighted by Gasteiger charge is -2.28. The summed E-state index contributed by atoms with van der Waals surface area (Å²) in [5.74, 6) is 0.849. The highest BCUT2D eigenvalue weighted by Gasteiger charge is 2.27. The number of aryl methyl sites for hydroxylation is 1. The van der Waals surface area contributed by atoms with E-state index in [2.05, 4.69) is 9.62 Å². The van der Waals surface area contributed by atoms with E-state index in [1.54, 1.807) is 37.1 Å². The van der Waals surface area contributed by atoms with Crippen LogP contribution in [-0.2, 0) is 14.8 Å². The predicted molar refractivity (Wildman–Crippen MR) is 124 cm³/mol. The number of methoxy groups -OCH3 is 1. The lowest BCUT2D eigenvalue weighted by Crippen LogP contribution is -2.37. The Morgan fingerprint density at radius 2 is 1.84 bits per heavy atom. The van der Waals surface area contributed by atoms with Gasteiger partial charge in [0, 0.05) is 31.2 Å². The normalized spacial score (nSPS) is 18.3. The highest BCUT2D eigenvalue weighted by atomic mass is 32.2. The Hall–Kier alpha value is -2.42. The molecule has 2 aliphatic rings. The van der Waals surface area contributed by atoms with Crippen LogP contribution in [0.5, 0.6) is 5.75 Å². The maximum absolute atomic E-state index is 13.2. The SMILES string of the molecule is COc1cccc(C(CNS(=O)(=O)c2ccc(N3CCCC3=O)cc2C)N2CCCC2)c1. The summed E-state index contributed by atoms with van der Waals surface area (Å²) in [6.45, 7) is 4.63. The molecule has 7 nitrogen and oxygen atoms in total. The number of hydrogen-bond acceptors (Lipinski definition) is 5. The standard InChI is InChI=1S/C24H31N3O4S/c1-18-15-20(27-14-6-9-24(27)28)10-11-23(18)32(29,30)25-17-22(26-12-3-4-13-26)19-7-5-8-21(16-19)31-2/h5,7-8,10-11,15-16,22,25H,3-4,6,9,12-14,17H2,1-2H3. The van der Waals surface area contributed by atoms with Crippen LogP contribution in [0.15, 0.2) is 47.4 Å². The third kappa shape index (κ3) is 4.82. The first-order chi connectivity index (χ1) is 15.4. The number of carbonyl (C=O) groups excluding carboxylic acids is 1. The first kappa shape index (κ1) is 22.8. The summed E-state index contributed by atoms with van der Waals surface area (Å²) >= 11 is 0. The summed E-state index contributed by atoms with van der Waals surface area (Å²) in [5, 5.41) is 0. The number of sulfonamides is 1. The van der Waals surface area contributed by atoms with Crippen molar-refractivity contribution in [2.75, 3.05) is 38.2 Å². The molecule has 2 saturated heterocycles. The summed E-state index contributed by atoms with van der Waals surface area (Å²) < 4.78 is 34.6. The topological polar surface area (TPSA) is 79.0 Å². The van der Waals surface area contributed by atoms with Crippen molar-refractivity contribution in [3.63, 3.8) is 0 Å². The molecule has 1 N–H and O–H groups in total. The minimum atomic E-state index is -3.70. The van der Waals surface area contributed by atoms with Gasteiger partial charge in [-0.3, -0.25) is 9.69 Å². The van der Waals surface area contributed by atoms with Crippen molar-refractivity contribution in [1.82, 2.24) is 9.62 Å². The Bertz CT molecular complexity index is 1080. The molecule has 2 aromatic carbocycles. The summed E-state index contributed by atoms with van der Waals surface area (Å²) in [7, 11) is -2.07. The average molecular weight is 458 g/mol. The first-order valence-electron chi connectivity index (χ1n) is 11.2. The third-order valence-corrected chi connectivity index (χ3v) is 7.94. The van der Waals surface area contributed by atoms with E-state index in [1.165, 1.54) is 0 Å². The van der Waals surface area contributed by atoms with Crippen LogP contribution in [0, 0.1) is 6.92 Å². The van der Waals surface area contributed by atoms with E-state index >= 15 is 0 Å². The zero-order chi connectivity index (χ0) is 22.7. The van der Waals surface area contributed by atoms with E-state index in [1.807, 2.05) is 24.3 Å². The molecule has 2 heterocycles. The summed E-state index contributed by atoms with van der Waals surface area (Å²) in [6, 6.07) is 12.9. The second-order valence-corrected chi connectivity index (χ2v) is 10.2. The highest BCUT2D eigenvalue weighted by molar-refractivity contribution is 7.89. The quantitative estimate of drug-likeness (QED) is 0.658. The summed E-state index contributed by atoms with van der Waals surface area (Å²) in [4.78, 5) is 16.3. The van der Waals surface area contributed by atoms with E-state index in [0.29, 0.717) is 18.5 Å². The van der Waals surface area contributed by atoms with Crippen LogP contribution in [0.3, 0.4) is 0 Å². The Labute approximate surface area is 190 Å². The largest absolute Gasteiger partial charge is 0.497 e. The van der Waals surface area contributed by atoms with Crippen molar-refractivity contribution >= 4 is 21.6 Å². The van der Waals surface area contributed by atoms with Crippen molar-refractivity contribution in [2.45, 2.75) is 43.5 Å². The number of benzene rings is 2. The van der Waals surface area contributed by atoms with Crippen LogP contribution in [0.1, 0.15) is 42.9 Å². The van der Waals surface area contributed by atoms with Crippen LogP contribution < -0.4 is 14.4 Å². The molecular weight excluding hydrogens is 426 g/mol. The van der Waals surface area contributed by atoms with Crippen molar-refractivity contribution in [3.8, 4) is 5.75 Å². The van der Waals surface area contributed by atoms with Crippen molar-refractivity contribution in [2.24, 2.45) is 0 Å². The third-order valence-electron chi connectivity index (χ3n) is 6.36. The minimum absolute atomic E-state index is 0.0656. The monoisotopic (exact) mass is 457 g/mol. The van der Waals surface area contributed by atoms with E-state index in [4.69, 9.17) is 4.74 Å². The molecule has 1 atom stereocenters. The fourth-order valence-corrected chi connectivity index (χ4v) is 5.91. The van der Waals surface area contributed by atoms with Gasteiger partial charge in [0.15, 0.2) is 0 Å². The second kappa shape index (κ2) is 9.60. The van der Waals surface area contributed by atoms with E-state index in [9.17, 15) is 13.2 Å². The van der Waals surface area contributed by atoms with Crippen LogP contribution in [-0.4, -0.2) is 52.5 Å².